The van der Waals surface area contributed by atoms with Crippen molar-refractivity contribution in [2.75, 3.05) is 7.05 Å². The summed E-state index contributed by atoms with van der Waals surface area (Å²) in [4.78, 5) is 13.1. The number of nitrogens with zero attached hydrogens (tertiary/aromatic N) is 4. The summed E-state index contributed by atoms with van der Waals surface area (Å²) in [5.41, 5.74) is 0.735. The molecule has 0 radical (unpaired) electrons. The van der Waals surface area contributed by atoms with Crippen molar-refractivity contribution in [1.29, 1.82) is 5.26 Å². The lowest BCUT2D eigenvalue weighted by atomic mass is 9.74. The first-order chi connectivity index (χ1) is 10.5. The van der Waals surface area contributed by atoms with Crippen molar-refractivity contribution in [3.8, 4) is 6.07 Å². The zero-order valence-electron chi connectivity index (χ0n) is 12.5. The van der Waals surface area contributed by atoms with Crippen molar-refractivity contribution in [2.24, 2.45) is 16.9 Å². The number of rotatable bonds is 2. The van der Waals surface area contributed by atoms with Gasteiger partial charge in [-0.05, 0) is 31.3 Å². The first-order valence-electron chi connectivity index (χ1n) is 7.57. The van der Waals surface area contributed by atoms with Gasteiger partial charge in [-0.3, -0.25) is 9.80 Å². The maximum Gasteiger partial charge on any atom is 0.309 e. The van der Waals surface area contributed by atoms with Crippen LogP contribution in [0.2, 0.25) is 0 Å². The van der Waals surface area contributed by atoms with E-state index in [1.54, 1.807) is 6.34 Å². The standard InChI is InChI=1S/C15H20N4O3/c1-18-8-17-19-12(4-9(7-16)5-14(18)19)10-2-3-11(15(21)22)13(20)6-10/h5,8,10-14,20H,2-4,6H2,1H3,(H,21,22)/t10?,11?,12?,13-,14?/m1/s1. The zero-order chi connectivity index (χ0) is 15.9. The summed E-state index contributed by atoms with van der Waals surface area (Å²) in [6.45, 7) is 0. The molecular weight excluding hydrogens is 284 g/mol. The minimum atomic E-state index is -0.927. The van der Waals surface area contributed by atoms with Gasteiger partial charge in [0, 0.05) is 19.0 Å². The third kappa shape index (κ3) is 2.44. The van der Waals surface area contributed by atoms with Crippen LogP contribution in [0.25, 0.3) is 0 Å². The lowest BCUT2D eigenvalue weighted by Crippen LogP contribution is -2.50. The minimum Gasteiger partial charge on any atom is -0.481 e. The highest BCUT2D eigenvalue weighted by atomic mass is 16.4. The van der Waals surface area contributed by atoms with Gasteiger partial charge in [0.2, 0.25) is 0 Å². The summed E-state index contributed by atoms with van der Waals surface area (Å²) >= 11 is 0. The van der Waals surface area contributed by atoms with Gasteiger partial charge in [0.05, 0.1) is 24.1 Å². The van der Waals surface area contributed by atoms with Gasteiger partial charge in [0.15, 0.2) is 0 Å². The van der Waals surface area contributed by atoms with E-state index in [-0.39, 0.29) is 18.1 Å². The molecule has 7 nitrogen and oxygen atoms in total. The van der Waals surface area contributed by atoms with Crippen LogP contribution in [0.5, 0.6) is 0 Å². The Hall–Kier alpha value is -2.07. The smallest absolute Gasteiger partial charge is 0.309 e. The molecule has 1 fully saturated rings. The molecule has 0 aromatic carbocycles. The van der Waals surface area contributed by atoms with Crippen LogP contribution < -0.4 is 0 Å². The van der Waals surface area contributed by atoms with Crippen LogP contribution in [-0.2, 0) is 4.79 Å². The van der Waals surface area contributed by atoms with Crippen LogP contribution >= 0.6 is 0 Å². The maximum atomic E-state index is 11.1. The van der Waals surface area contributed by atoms with E-state index in [1.165, 1.54) is 0 Å². The van der Waals surface area contributed by atoms with Crippen LogP contribution in [-0.4, -0.2) is 57.8 Å². The summed E-state index contributed by atoms with van der Waals surface area (Å²) in [6, 6.07) is 2.28. The Bertz CT molecular complexity index is 568. The lowest BCUT2D eigenvalue weighted by molar-refractivity contribution is -0.148. The van der Waals surface area contributed by atoms with Crippen molar-refractivity contribution in [3.05, 3.63) is 11.6 Å². The molecular formula is C15H20N4O3. The number of hydrogen-bond donors (Lipinski definition) is 2. The fourth-order valence-electron chi connectivity index (χ4n) is 3.79. The molecule has 3 aliphatic rings. The second-order valence-electron chi connectivity index (χ2n) is 6.35. The quantitative estimate of drug-likeness (QED) is 0.774. The van der Waals surface area contributed by atoms with Crippen molar-refractivity contribution >= 4 is 12.3 Å². The van der Waals surface area contributed by atoms with Crippen LogP contribution in [0, 0.1) is 23.2 Å². The Morgan fingerprint density at radius 1 is 1.50 bits per heavy atom. The first kappa shape index (κ1) is 14.9. The third-order valence-corrected chi connectivity index (χ3v) is 5.04. The Kier molecular flexibility index (Phi) is 3.79. The molecule has 118 valence electrons. The van der Waals surface area contributed by atoms with E-state index in [2.05, 4.69) is 11.2 Å². The number of fused-ring (bicyclic) bond motifs is 1. The summed E-state index contributed by atoms with van der Waals surface area (Å²) in [5, 5.41) is 34.9. The molecule has 1 saturated carbocycles. The van der Waals surface area contributed by atoms with E-state index in [0.29, 0.717) is 19.3 Å². The number of nitriles is 1. The number of hydrazone groups is 1. The number of aliphatic hydroxyl groups excluding tert-OH is 1. The van der Waals surface area contributed by atoms with Gasteiger partial charge in [0.1, 0.15) is 12.5 Å². The Balaban J connectivity index is 1.78. The van der Waals surface area contributed by atoms with Crippen LogP contribution in [0.4, 0.5) is 0 Å². The fraction of sp³-hybridized carbons (Fsp3) is 0.667. The molecule has 0 saturated heterocycles. The molecule has 0 aromatic rings. The number of carbonyl (C=O) groups is 1. The fourth-order valence-corrected chi connectivity index (χ4v) is 3.79. The molecule has 2 N–H and O–H groups in total. The molecule has 3 rings (SSSR count). The van der Waals surface area contributed by atoms with Crippen LogP contribution in [0.3, 0.4) is 0 Å². The predicted molar refractivity (Wildman–Crippen MR) is 78.5 cm³/mol. The van der Waals surface area contributed by atoms with Crippen molar-refractivity contribution in [3.63, 3.8) is 0 Å². The normalized spacial score (nSPS) is 37.5. The Labute approximate surface area is 129 Å². The number of aliphatic carboxylic acids is 1. The predicted octanol–water partition coefficient (Wildman–Crippen LogP) is 0.587. The Morgan fingerprint density at radius 2 is 2.27 bits per heavy atom. The van der Waals surface area contributed by atoms with Crippen LogP contribution in [0.1, 0.15) is 25.7 Å². The molecule has 2 heterocycles. The largest absolute Gasteiger partial charge is 0.481 e. The van der Waals surface area contributed by atoms with E-state index in [9.17, 15) is 15.2 Å². The number of aliphatic hydroxyl groups is 1. The summed E-state index contributed by atoms with van der Waals surface area (Å²) in [6.07, 6.45) is 5.05. The highest BCUT2D eigenvalue weighted by molar-refractivity contribution is 5.70. The third-order valence-electron chi connectivity index (χ3n) is 5.04. The second kappa shape index (κ2) is 5.61. The van der Waals surface area contributed by atoms with Gasteiger partial charge in [-0.15, -0.1) is 0 Å². The molecule has 5 atom stereocenters. The summed E-state index contributed by atoms with van der Waals surface area (Å²) in [5.74, 6) is -1.45. The maximum absolute atomic E-state index is 11.1. The SMILES string of the molecule is CN1C=NN2C(C3CCC(C(=O)O)[C@H](O)C3)CC(C#N)=CC12. The van der Waals surface area contributed by atoms with Gasteiger partial charge in [0.25, 0.3) is 0 Å². The highest BCUT2D eigenvalue weighted by Gasteiger charge is 2.43. The number of carboxylic acid groups (broad SMARTS) is 1. The monoisotopic (exact) mass is 304 g/mol. The number of hydrogen-bond acceptors (Lipinski definition) is 6. The lowest BCUT2D eigenvalue weighted by Gasteiger charge is -2.43. The van der Waals surface area contributed by atoms with Gasteiger partial charge in [-0.2, -0.15) is 10.4 Å². The molecule has 22 heavy (non-hydrogen) atoms. The average Bonchev–Trinajstić information content (AvgIpc) is 2.87. The van der Waals surface area contributed by atoms with Crippen molar-refractivity contribution in [2.45, 2.75) is 44.0 Å². The van der Waals surface area contributed by atoms with E-state index in [4.69, 9.17) is 5.11 Å². The van der Waals surface area contributed by atoms with E-state index >= 15 is 0 Å². The average molecular weight is 304 g/mol. The van der Waals surface area contributed by atoms with E-state index in [1.807, 2.05) is 23.0 Å². The number of likely N-dealkylation sites (N-methyl/N-ethyl adjacent to an activating group) is 1. The molecule has 2 aliphatic heterocycles. The summed E-state index contributed by atoms with van der Waals surface area (Å²) < 4.78 is 0. The number of carboxylic acids is 1. The molecule has 4 unspecified atom stereocenters. The minimum absolute atomic E-state index is 0.0373. The van der Waals surface area contributed by atoms with Gasteiger partial charge >= 0.3 is 5.97 Å². The Morgan fingerprint density at radius 3 is 2.91 bits per heavy atom. The van der Waals surface area contributed by atoms with Crippen molar-refractivity contribution < 1.29 is 15.0 Å². The molecule has 0 spiro atoms. The van der Waals surface area contributed by atoms with Crippen molar-refractivity contribution in [1.82, 2.24) is 9.91 Å². The van der Waals surface area contributed by atoms with Gasteiger partial charge < -0.3 is 15.1 Å². The van der Waals surface area contributed by atoms with Gasteiger partial charge in [-0.25, -0.2) is 0 Å². The van der Waals surface area contributed by atoms with E-state index in [0.717, 1.165) is 12.0 Å². The van der Waals surface area contributed by atoms with Crippen LogP contribution in [0.15, 0.2) is 16.8 Å². The summed E-state index contributed by atoms with van der Waals surface area (Å²) in [7, 11) is 1.91. The molecule has 1 aliphatic carbocycles. The molecule has 0 bridgehead atoms. The highest BCUT2D eigenvalue weighted by Crippen LogP contribution is 2.39. The second-order valence-corrected chi connectivity index (χ2v) is 6.35. The first-order valence-corrected chi connectivity index (χ1v) is 7.57. The molecule has 0 aromatic heterocycles. The van der Waals surface area contributed by atoms with Gasteiger partial charge in [-0.1, -0.05) is 0 Å². The molecule has 7 heteroatoms. The topological polar surface area (TPSA) is 100 Å². The zero-order valence-corrected chi connectivity index (χ0v) is 12.5. The van der Waals surface area contributed by atoms with E-state index < -0.39 is 18.0 Å². The molecule has 0 amide bonds.